The topological polar surface area (TPSA) is 232 Å². The second-order valence-corrected chi connectivity index (χ2v) is 19.8. The molecule has 2 aromatic carbocycles. The lowest BCUT2D eigenvalue weighted by atomic mass is 10.1. The molecule has 0 saturated heterocycles. The summed E-state index contributed by atoms with van der Waals surface area (Å²) < 4.78 is 0. The number of hydrogen-bond donors (Lipinski definition) is 0. The summed E-state index contributed by atoms with van der Waals surface area (Å²) in [4.78, 5) is 74.4. The lowest BCUT2D eigenvalue weighted by Gasteiger charge is -1.99. The van der Waals surface area contributed by atoms with Gasteiger partial charge in [-0.3, -0.25) is 29.9 Å². The van der Waals surface area contributed by atoms with Gasteiger partial charge < -0.3 is 0 Å². The Balaban J connectivity index is 0.000000137. The molecular weight excluding hydrogens is 1130 g/mol. The van der Waals surface area contributed by atoms with Crippen LogP contribution in [0.3, 0.4) is 0 Å². The molecule has 14 rings (SSSR count). The van der Waals surface area contributed by atoms with Gasteiger partial charge in [-0.05, 0) is 137 Å². The zero-order valence-corrected chi connectivity index (χ0v) is 51.5. The average molecular weight is 1200 g/mol. The van der Waals surface area contributed by atoms with Crippen molar-refractivity contribution in [1.29, 1.82) is 0 Å². The second kappa shape index (κ2) is 35.4. The number of benzene rings is 2. The summed E-state index contributed by atoms with van der Waals surface area (Å²) in [5.74, 6) is 4.61. The first kappa shape index (κ1) is 64.8. The Hall–Kier alpha value is -12.2. The van der Waals surface area contributed by atoms with E-state index >= 15 is 0 Å². The molecule has 0 aliphatic heterocycles. The minimum absolute atomic E-state index is 0.672. The fourth-order valence-electron chi connectivity index (χ4n) is 7.70. The largest absolute Gasteiger partial charge is 0.265 e. The van der Waals surface area contributed by atoms with Crippen LogP contribution in [0.4, 0.5) is 0 Å². The Morgan fingerprint density at radius 2 is 0.549 bits per heavy atom. The van der Waals surface area contributed by atoms with Crippen LogP contribution in [0.25, 0.3) is 78.8 Å². The number of pyridine rings is 6. The van der Waals surface area contributed by atoms with Crippen molar-refractivity contribution in [3.05, 3.63) is 316 Å². The molecule has 0 N–H and O–H groups in total. The van der Waals surface area contributed by atoms with Gasteiger partial charge >= 0.3 is 0 Å². The molecule has 0 radical (unpaired) electrons. The van der Waals surface area contributed by atoms with Crippen LogP contribution in [-0.2, 0) is 0 Å². The minimum atomic E-state index is 0.672. The average Bonchev–Trinajstić information content (AvgIpc) is 3.81. The van der Waals surface area contributed by atoms with Gasteiger partial charge in [0, 0.05) is 169 Å². The highest BCUT2D eigenvalue weighted by atomic mass is 14.9. The van der Waals surface area contributed by atoms with E-state index in [0.29, 0.717) is 5.82 Å². The van der Waals surface area contributed by atoms with Crippen LogP contribution >= 0.6 is 0 Å². The van der Waals surface area contributed by atoms with Crippen LogP contribution in [0.2, 0.25) is 0 Å². The Morgan fingerprint density at radius 1 is 0.176 bits per heavy atom. The third kappa shape index (κ3) is 22.2. The molecule has 0 saturated carbocycles. The van der Waals surface area contributed by atoms with Gasteiger partial charge in [-0.1, -0.05) is 84.9 Å². The lowest BCUT2D eigenvalue weighted by molar-refractivity contribution is 1.05. The van der Waals surface area contributed by atoms with E-state index in [2.05, 4.69) is 95.8 Å². The summed E-state index contributed by atoms with van der Waals surface area (Å²) in [6, 6.07) is 47.3. The number of hydrogen-bond acceptors (Lipinski definition) is 18. The highest BCUT2D eigenvalue weighted by Gasteiger charge is 2.03. The Labute approximate surface area is 530 Å². The van der Waals surface area contributed by atoms with Crippen LogP contribution < -0.4 is 0 Å². The molecule has 0 unspecified atom stereocenters. The molecular formula is C73H66N18. The molecule has 0 bridgehead atoms. The zero-order valence-electron chi connectivity index (χ0n) is 51.5. The van der Waals surface area contributed by atoms with Gasteiger partial charge in [-0.15, -0.1) is 0 Å². The number of aromatic nitrogens is 18. The van der Waals surface area contributed by atoms with Gasteiger partial charge in [-0.25, -0.2) is 59.8 Å². The molecule has 0 aliphatic rings. The maximum Gasteiger partial charge on any atom is 0.178 e. The van der Waals surface area contributed by atoms with E-state index in [1.807, 2.05) is 231 Å². The summed E-state index contributed by atoms with van der Waals surface area (Å²) in [7, 11) is 0. The predicted octanol–water partition coefficient (Wildman–Crippen LogP) is 14.7. The van der Waals surface area contributed by atoms with E-state index < -0.39 is 0 Å². The summed E-state index contributed by atoms with van der Waals surface area (Å²) in [6.07, 6.45) is 37.7. The minimum Gasteiger partial charge on any atom is -0.265 e. The molecule has 0 fully saturated rings. The van der Waals surface area contributed by atoms with Crippen LogP contribution in [0.5, 0.6) is 0 Å². The number of aryl methyl sites for hydroxylation is 7. The molecule has 91 heavy (non-hydrogen) atoms. The van der Waals surface area contributed by atoms with E-state index in [9.17, 15) is 0 Å². The number of rotatable bonds is 7. The van der Waals surface area contributed by atoms with Gasteiger partial charge in [0.2, 0.25) is 0 Å². The van der Waals surface area contributed by atoms with Gasteiger partial charge in [0.1, 0.15) is 29.0 Å². The smallest absolute Gasteiger partial charge is 0.178 e. The maximum absolute atomic E-state index is 4.32. The first-order valence-corrected chi connectivity index (χ1v) is 28.8. The molecule has 14 aromatic rings. The van der Waals surface area contributed by atoms with Crippen LogP contribution in [0, 0.1) is 48.5 Å². The lowest BCUT2D eigenvalue weighted by Crippen LogP contribution is -1.90. The fourth-order valence-corrected chi connectivity index (χ4v) is 7.70. The molecule has 448 valence electrons. The van der Waals surface area contributed by atoms with Crippen molar-refractivity contribution >= 4 is 0 Å². The fraction of sp³-hybridized carbons (Fsp3) is 0.0959. The Kier molecular flexibility index (Phi) is 25.2. The van der Waals surface area contributed by atoms with Crippen LogP contribution in [0.1, 0.15) is 40.0 Å². The van der Waals surface area contributed by atoms with Crippen molar-refractivity contribution in [3.63, 3.8) is 0 Å². The second-order valence-electron chi connectivity index (χ2n) is 19.8. The van der Waals surface area contributed by atoms with Crippen LogP contribution in [-0.4, -0.2) is 89.7 Å². The normalized spacial score (nSPS) is 9.92. The quantitative estimate of drug-likeness (QED) is 0.144. The predicted molar refractivity (Wildman–Crippen MR) is 357 cm³/mol. The molecule has 0 atom stereocenters. The van der Waals surface area contributed by atoms with Gasteiger partial charge in [0.05, 0.1) is 11.4 Å². The monoisotopic (exact) mass is 1190 g/mol. The van der Waals surface area contributed by atoms with Gasteiger partial charge in [0.15, 0.2) is 11.6 Å². The standard InChI is InChI=1S/3C11H10N2.4C10H9N3/c1-9-2-3-11(13-8-9)10-4-6-12-7-5-10;1-9-12-7-11(8-13-9)10-5-3-2-4-6-10;1-9-7-12-11(13-8-9)10-5-3-2-4-6-10;1-8-12-6-10(7-13-8)9-2-4-11-5-3-9;1-8-12-6-10(7-13-8)9-3-2-4-11-5-9;1-8-12-6-9(7-13-8)10-4-2-3-5-11-10;1-8-6-12-10(13-7-8)9-4-2-3-5-11-9/h3*2-8H,1H3;4*2-7H,1H3. The summed E-state index contributed by atoms with van der Waals surface area (Å²) in [5, 5.41) is 0. The molecule has 12 aromatic heterocycles. The van der Waals surface area contributed by atoms with E-state index in [-0.39, 0.29) is 0 Å². The molecule has 18 heteroatoms. The van der Waals surface area contributed by atoms with Crippen molar-refractivity contribution in [1.82, 2.24) is 89.7 Å². The molecule has 0 aliphatic carbocycles. The Bertz CT molecular complexity index is 3450. The van der Waals surface area contributed by atoms with Gasteiger partial charge in [0.25, 0.3) is 0 Å². The van der Waals surface area contributed by atoms with E-state index in [1.54, 1.807) is 86.8 Å². The zero-order chi connectivity index (χ0) is 63.7. The van der Waals surface area contributed by atoms with Crippen molar-refractivity contribution in [2.75, 3.05) is 0 Å². The Morgan fingerprint density at radius 3 is 0.978 bits per heavy atom. The summed E-state index contributed by atoms with van der Waals surface area (Å²) in [6.45, 7) is 13.5. The molecule has 18 nitrogen and oxygen atoms in total. The van der Waals surface area contributed by atoms with E-state index in [4.69, 9.17) is 0 Å². The van der Waals surface area contributed by atoms with E-state index in [0.717, 1.165) is 107 Å². The van der Waals surface area contributed by atoms with Crippen molar-refractivity contribution in [3.8, 4) is 78.8 Å². The van der Waals surface area contributed by atoms with Crippen molar-refractivity contribution < 1.29 is 0 Å². The molecule has 0 spiro atoms. The molecule has 12 heterocycles. The van der Waals surface area contributed by atoms with Gasteiger partial charge in [-0.2, -0.15) is 0 Å². The highest BCUT2D eigenvalue weighted by Crippen LogP contribution is 2.20. The van der Waals surface area contributed by atoms with Crippen molar-refractivity contribution in [2.24, 2.45) is 0 Å². The summed E-state index contributed by atoms with van der Waals surface area (Å²) >= 11 is 0. The first-order valence-electron chi connectivity index (χ1n) is 28.8. The first-order chi connectivity index (χ1) is 44.5. The molecule has 0 amide bonds. The highest BCUT2D eigenvalue weighted by molar-refractivity contribution is 5.63. The third-order valence-electron chi connectivity index (χ3n) is 12.6. The van der Waals surface area contributed by atoms with Crippen molar-refractivity contribution in [2.45, 2.75) is 48.5 Å². The van der Waals surface area contributed by atoms with E-state index in [1.165, 1.54) is 5.56 Å². The number of nitrogens with zero attached hydrogens (tertiary/aromatic N) is 18. The maximum atomic E-state index is 4.32. The SMILES string of the molecule is Cc1ccc(-c2ccncc2)nc1.Cc1cnc(-c2ccccc2)nc1.Cc1cnc(-c2ccccn2)nc1.Cc1ncc(-c2ccccc2)cn1.Cc1ncc(-c2ccccn2)cn1.Cc1ncc(-c2cccnc2)cn1.Cc1ncc(-c2ccncc2)cn1. The summed E-state index contributed by atoms with van der Waals surface area (Å²) in [5.41, 5.74) is 15.5. The third-order valence-corrected chi connectivity index (χ3v) is 12.6. The van der Waals surface area contributed by atoms with Crippen LogP contribution in [0.15, 0.2) is 276 Å².